The van der Waals surface area contributed by atoms with Gasteiger partial charge in [-0.25, -0.2) is 17.5 Å². The Bertz CT molecular complexity index is 1000. The Hall–Kier alpha value is -2.71. The largest absolute Gasteiger partial charge is 0.452 e. The molecule has 0 aliphatic rings. The molecular formula is C22H28N2O5S. The maximum atomic E-state index is 12.7. The van der Waals surface area contributed by atoms with Crippen LogP contribution in [0.15, 0.2) is 53.4 Å². The molecule has 162 valence electrons. The van der Waals surface area contributed by atoms with Gasteiger partial charge in [0.05, 0.1) is 10.5 Å². The van der Waals surface area contributed by atoms with Crippen molar-refractivity contribution in [2.45, 2.75) is 38.3 Å². The fourth-order valence-corrected chi connectivity index (χ4v) is 3.75. The second kappa shape index (κ2) is 9.86. The van der Waals surface area contributed by atoms with Crippen molar-refractivity contribution in [2.75, 3.05) is 20.7 Å². The third-order valence-corrected chi connectivity index (χ3v) is 6.48. The molecule has 2 aromatic carbocycles. The van der Waals surface area contributed by atoms with Crippen LogP contribution < -0.4 is 0 Å². The van der Waals surface area contributed by atoms with Crippen LogP contribution in [0.1, 0.15) is 35.3 Å². The van der Waals surface area contributed by atoms with Gasteiger partial charge in [0, 0.05) is 26.7 Å². The number of sulfonamides is 1. The Balaban J connectivity index is 2.13. The fourth-order valence-electron chi connectivity index (χ4n) is 2.82. The lowest BCUT2D eigenvalue weighted by atomic mass is 10.1. The van der Waals surface area contributed by atoms with Crippen molar-refractivity contribution in [3.63, 3.8) is 0 Å². The number of esters is 1. The number of hydrogen-bond donors (Lipinski definition) is 0. The predicted molar refractivity (Wildman–Crippen MR) is 114 cm³/mol. The minimum Gasteiger partial charge on any atom is -0.452 e. The van der Waals surface area contributed by atoms with Crippen molar-refractivity contribution in [3.05, 3.63) is 65.2 Å². The number of ether oxygens (including phenoxy) is 1. The number of carbonyl (C=O) groups is 2. The van der Waals surface area contributed by atoms with E-state index in [2.05, 4.69) is 0 Å². The number of aryl methyl sites for hydroxylation is 1. The molecule has 2 rings (SSSR count). The van der Waals surface area contributed by atoms with Crippen LogP contribution in [0.4, 0.5) is 0 Å². The molecule has 0 spiro atoms. The number of rotatable bonds is 8. The van der Waals surface area contributed by atoms with E-state index in [0.29, 0.717) is 12.1 Å². The molecule has 0 saturated heterocycles. The summed E-state index contributed by atoms with van der Waals surface area (Å²) >= 11 is 0. The Labute approximate surface area is 178 Å². The van der Waals surface area contributed by atoms with Crippen LogP contribution >= 0.6 is 0 Å². The van der Waals surface area contributed by atoms with Crippen LogP contribution in [-0.4, -0.2) is 56.2 Å². The molecule has 30 heavy (non-hydrogen) atoms. The third-order valence-electron chi connectivity index (χ3n) is 4.67. The van der Waals surface area contributed by atoms with Crippen LogP contribution in [0.25, 0.3) is 0 Å². The van der Waals surface area contributed by atoms with Gasteiger partial charge in [0.2, 0.25) is 10.0 Å². The normalized spacial score (nSPS) is 11.6. The van der Waals surface area contributed by atoms with Gasteiger partial charge in [-0.05, 0) is 44.0 Å². The minimum absolute atomic E-state index is 0.00994. The van der Waals surface area contributed by atoms with Crippen molar-refractivity contribution in [1.29, 1.82) is 0 Å². The van der Waals surface area contributed by atoms with Crippen LogP contribution in [0.2, 0.25) is 0 Å². The Morgan fingerprint density at radius 3 is 2.23 bits per heavy atom. The van der Waals surface area contributed by atoms with Gasteiger partial charge in [0.15, 0.2) is 6.61 Å². The maximum absolute atomic E-state index is 12.7. The smallest absolute Gasteiger partial charge is 0.338 e. The van der Waals surface area contributed by atoms with Crippen molar-refractivity contribution in [2.24, 2.45) is 0 Å². The van der Waals surface area contributed by atoms with Crippen LogP contribution in [0.3, 0.4) is 0 Å². The standard InChI is InChI=1S/C22H28N2O5S/c1-16(2)24(14-18-9-7-6-8-10-18)21(25)15-29-22(26)20-13-19(12-11-17(20)3)30(27,28)23(4)5/h6-13,16H,14-15H2,1-5H3. The van der Waals surface area contributed by atoms with E-state index in [9.17, 15) is 18.0 Å². The van der Waals surface area contributed by atoms with Gasteiger partial charge in [-0.15, -0.1) is 0 Å². The summed E-state index contributed by atoms with van der Waals surface area (Å²) in [7, 11) is -0.858. The second-order valence-electron chi connectivity index (χ2n) is 7.44. The molecule has 0 aliphatic heterocycles. The average Bonchev–Trinajstić information content (AvgIpc) is 2.70. The Morgan fingerprint density at radius 2 is 1.67 bits per heavy atom. The summed E-state index contributed by atoms with van der Waals surface area (Å²) in [4.78, 5) is 26.9. The molecule has 8 heteroatoms. The number of benzene rings is 2. The molecule has 0 radical (unpaired) electrons. The quantitative estimate of drug-likeness (QED) is 0.599. The van der Waals surface area contributed by atoms with E-state index >= 15 is 0 Å². The molecule has 0 heterocycles. The molecule has 0 N–H and O–H groups in total. The lowest BCUT2D eigenvalue weighted by Gasteiger charge is -2.26. The van der Waals surface area contributed by atoms with E-state index in [0.717, 1.165) is 9.87 Å². The van der Waals surface area contributed by atoms with Crippen molar-refractivity contribution in [1.82, 2.24) is 9.21 Å². The summed E-state index contributed by atoms with van der Waals surface area (Å²) in [6.45, 7) is 5.45. The molecule has 0 aliphatic carbocycles. The molecule has 1 amide bonds. The summed E-state index contributed by atoms with van der Waals surface area (Å²) in [5.41, 5.74) is 1.66. The fraction of sp³-hybridized carbons (Fsp3) is 0.364. The lowest BCUT2D eigenvalue weighted by Crippen LogP contribution is -2.39. The van der Waals surface area contributed by atoms with Crippen LogP contribution in [-0.2, 0) is 26.1 Å². The van der Waals surface area contributed by atoms with Crippen molar-refractivity contribution in [3.8, 4) is 0 Å². The summed E-state index contributed by atoms with van der Waals surface area (Å²) in [5, 5.41) is 0. The Kier molecular flexibility index (Phi) is 7.75. The van der Waals surface area contributed by atoms with E-state index in [1.807, 2.05) is 44.2 Å². The van der Waals surface area contributed by atoms with E-state index < -0.39 is 22.6 Å². The number of nitrogens with zero attached hydrogens (tertiary/aromatic N) is 2. The number of carbonyl (C=O) groups excluding carboxylic acids is 2. The van der Waals surface area contributed by atoms with Crippen molar-refractivity contribution < 1.29 is 22.7 Å². The van der Waals surface area contributed by atoms with Crippen LogP contribution in [0.5, 0.6) is 0 Å². The number of hydrogen-bond acceptors (Lipinski definition) is 5. The zero-order valence-corrected chi connectivity index (χ0v) is 18.8. The minimum atomic E-state index is -3.69. The molecule has 0 bridgehead atoms. The highest BCUT2D eigenvalue weighted by molar-refractivity contribution is 7.89. The molecule has 0 aromatic heterocycles. The lowest BCUT2D eigenvalue weighted by molar-refractivity contribution is -0.136. The topological polar surface area (TPSA) is 84.0 Å². The maximum Gasteiger partial charge on any atom is 0.338 e. The molecule has 0 atom stereocenters. The summed E-state index contributed by atoms with van der Waals surface area (Å²) in [5.74, 6) is -1.06. The first-order valence-electron chi connectivity index (χ1n) is 9.57. The first-order chi connectivity index (χ1) is 14.0. The molecule has 2 aromatic rings. The number of amides is 1. The van der Waals surface area contributed by atoms with E-state index in [1.165, 1.54) is 26.2 Å². The van der Waals surface area contributed by atoms with Gasteiger partial charge >= 0.3 is 5.97 Å². The van der Waals surface area contributed by atoms with Crippen LogP contribution in [0, 0.1) is 6.92 Å². The van der Waals surface area contributed by atoms with Gasteiger partial charge in [-0.2, -0.15) is 0 Å². The zero-order valence-electron chi connectivity index (χ0n) is 18.0. The van der Waals surface area contributed by atoms with Gasteiger partial charge in [0.25, 0.3) is 5.91 Å². The summed E-state index contributed by atoms with van der Waals surface area (Å²) < 4.78 is 31.0. The molecule has 7 nitrogen and oxygen atoms in total. The van der Waals surface area contributed by atoms with E-state index in [1.54, 1.807) is 17.9 Å². The highest BCUT2D eigenvalue weighted by atomic mass is 32.2. The van der Waals surface area contributed by atoms with Crippen molar-refractivity contribution >= 4 is 21.9 Å². The van der Waals surface area contributed by atoms with E-state index in [4.69, 9.17) is 4.74 Å². The molecule has 0 unspecified atom stereocenters. The van der Waals surface area contributed by atoms with Gasteiger partial charge < -0.3 is 9.64 Å². The Morgan fingerprint density at radius 1 is 1.03 bits per heavy atom. The highest BCUT2D eigenvalue weighted by Crippen LogP contribution is 2.19. The van der Waals surface area contributed by atoms with Gasteiger partial charge in [-0.1, -0.05) is 36.4 Å². The molecule has 0 saturated carbocycles. The van der Waals surface area contributed by atoms with E-state index in [-0.39, 0.29) is 22.4 Å². The first kappa shape index (κ1) is 23.6. The van der Waals surface area contributed by atoms with Gasteiger partial charge in [0.1, 0.15) is 0 Å². The zero-order chi connectivity index (χ0) is 22.5. The second-order valence-corrected chi connectivity index (χ2v) is 9.59. The monoisotopic (exact) mass is 432 g/mol. The molecule has 0 fully saturated rings. The first-order valence-corrected chi connectivity index (χ1v) is 11.0. The predicted octanol–water partition coefficient (Wildman–Crippen LogP) is 2.84. The highest BCUT2D eigenvalue weighted by Gasteiger charge is 2.23. The summed E-state index contributed by atoms with van der Waals surface area (Å²) in [6, 6.07) is 13.7. The van der Waals surface area contributed by atoms with Gasteiger partial charge in [-0.3, -0.25) is 4.79 Å². The summed E-state index contributed by atoms with van der Waals surface area (Å²) in [6.07, 6.45) is 0. The SMILES string of the molecule is Cc1ccc(S(=O)(=O)N(C)C)cc1C(=O)OCC(=O)N(Cc1ccccc1)C(C)C. The average molecular weight is 433 g/mol. The third kappa shape index (κ3) is 5.67. The molecular weight excluding hydrogens is 404 g/mol.